The molecular weight excluding hydrogens is 289 g/mol. The van der Waals surface area contributed by atoms with Crippen LogP contribution in [0.5, 0.6) is 0 Å². The SMILES string of the molecule is NC(=O)c1cc(C(=O)N[C@@H]2CCC[C@@H](C(F)(F)F)C2)co1. The van der Waals surface area contributed by atoms with E-state index in [0.29, 0.717) is 12.8 Å². The molecular formula is C13H15F3N2O3. The van der Waals surface area contributed by atoms with Crippen LogP contribution in [0.2, 0.25) is 0 Å². The van der Waals surface area contributed by atoms with Crippen LogP contribution in [0.15, 0.2) is 16.7 Å². The highest BCUT2D eigenvalue weighted by atomic mass is 19.4. The number of hydrogen-bond donors (Lipinski definition) is 2. The minimum atomic E-state index is -4.24. The molecule has 5 nitrogen and oxygen atoms in total. The zero-order valence-corrected chi connectivity index (χ0v) is 11.1. The number of amides is 2. The lowest BCUT2D eigenvalue weighted by Gasteiger charge is -2.30. The van der Waals surface area contributed by atoms with Gasteiger partial charge in [-0.2, -0.15) is 13.2 Å². The number of nitrogens with one attached hydrogen (secondary N) is 1. The molecule has 8 heteroatoms. The second-order valence-electron chi connectivity index (χ2n) is 5.14. The van der Waals surface area contributed by atoms with Gasteiger partial charge in [-0.3, -0.25) is 9.59 Å². The third-order valence-electron chi connectivity index (χ3n) is 3.58. The van der Waals surface area contributed by atoms with Crippen LogP contribution in [0.1, 0.15) is 46.6 Å². The predicted molar refractivity (Wildman–Crippen MR) is 66.5 cm³/mol. The Morgan fingerprint density at radius 3 is 2.62 bits per heavy atom. The van der Waals surface area contributed by atoms with Crippen molar-refractivity contribution >= 4 is 11.8 Å². The molecule has 2 amide bonds. The molecule has 0 spiro atoms. The molecule has 1 aromatic heterocycles. The van der Waals surface area contributed by atoms with Crippen molar-refractivity contribution in [3.8, 4) is 0 Å². The maximum Gasteiger partial charge on any atom is 0.391 e. The molecule has 0 bridgehead atoms. The van der Waals surface area contributed by atoms with Gasteiger partial charge >= 0.3 is 6.18 Å². The van der Waals surface area contributed by atoms with E-state index in [1.165, 1.54) is 6.07 Å². The van der Waals surface area contributed by atoms with E-state index in [0.717, 1.165) is 6.26 Å². The number of nitrogens with two attached hydrogens (primary N) is 1. The Hall–Kier alpha value is -1.99. The lowest BCUT2D eigenvalue weighted by atomic mass is 9.85. The van der Waals surface area contributed by atoms with Gasteiger partial charge in [-0.25, -0.2) is 0 Å². The Balaban J connectivity index is 1.97. The summed E-state index contributed by atoms with van der Waals surface area (Å²) in [4.78, 5) is 22.8. The first-order valence-corrected chi connectivity index (χ1v) is 6.53. The number of primary amides is 1. The smallest absolute Gasteiger partial charge is 0.391 e. The fourth-order valence-corrected chi connectivity index (χ4v) is 2.47. The quantitative estimate of drug-likeness (QED) is 0.898. The molecule has 116 valence electrons. The van der Waals surface area contributed by atoms with E-state index in [1.54, 1.807) is 0 Å². The number of hydrogen-bond acceptors (Lipinski definition) is 3. The van der Waals surface area contributed by atoms with E-state index < -0.39 is 30.0 Å². The third kappa shape index (κ3) is 3.77. The summed E-state index contributed by atoms with van der Waals surface area (Å²) < 4.78 is 42.9. The number of furan rings is 1. The molecule has 1 aliphatic carbocycles. The van der Waals surface area contributed by atoms with Crippen LogP contribution in [-0.2, 0) is 0 Å². The molecule has 3 N–H and O–H groups in total. The number of alkyl halides is 3. The molecule has 21 heavy (non-hydrogen) atoms. The van der Waals surface area contributed by atoms with Gasteiger partial charge in [0.2, 0.25) is 0 Å². The standard InChI is InChI=1S/C13H15F3N2O3/c14-13(15,16)8-2-1-3-9(5-8)18-12(20)7-4-10(11(17)19)21-6-7/h4,6,8-9H,1-3,5H2,(H2,17,19)(H,18,20)/t8-,9-/m1/s1. The van der Waals surface area contributed by atoms with E-state index >= 15 is 0 Å². The van der Waals surface area contributed by atoms with Crippen molar-refractivity contribution in [2.24, 2.45) is 11.7 Å². The summed E-state index contributed by atoms with van der Waals surface area (Å²) in [7, 11) is 0. The Morgan fingerprint density at radius 2 is 2.05 bits per heavy atom. The first-order chi connectivity index (χ1) is 9.77. The highest BCUT2D eigenvalue weighted by Crippen LogP contribution is 2.37. The molecule has 2 atom stereocenters. The summed E-state index contributed by atoms with van der Waals surface area (Å²) in [6, 6.07) is 0.631. The first kappa shape index (κ1) is 15.4. The summed E-state index contributed by atoms with van der Waals surface area (Å²) >= 11 is 0. The zero-order chi connectivity index (χ0) is 15.6. The lowest BCUT2D eigenvalue weighted by Crippen LogP contribution is -2.41. The highest BCUT2D eigenvalue weighted by molar-refractivity contribution is 5.97. The predicted octanol–water partition coefficient (Wildman–Crippen LogP) is 2.23. The summed E-state index contributed by atoms with van der Waals surface area (Å²) in [5, 5.41) is 2.54. The molecule has 0 aromatic carbocycles. The monoisotopic (exact) mass is 304 g/mol. The van der Waals surface area contributed by atoms with Gasteiger partial charge < -0.3 is 15.5 Å². The Bertz CT molecular complexity index is 539. The van der Waals surface area contributed by atoms with Crippen molar-refractivity contribution in [1.82, 2.24) is 5.32 Å². The molecule has 0 radical (unpaired) electrons. The van der Waals surface area contributed by atoms with Crippen LogP contribution in [0.4, 0.5) is 13.2 Å². The van der Waals surface area contributed by atoms with Crippen LogP contribution in [0, 0.1) is 5.92 Å². The van der Waals surface area contributed by atoms with Gasteiger partial charge in [0.1, 0.15) is 6.26 Å². The van der Waals surface area contributed by atoms with Crippen LogP contribution < -0.4 is 11.1 Å². The minimum Gasteiger partial charge on any atom is -0.458 e. The number of rotatable bonds is 3. The summed E-state index contributed by atoms with van der Waals surface area (Å²) in [6.45, 7) is 0. The summed E-state index contributed by atoms with van der Waals surface area (Å²) in [6.07, 6.45) is -2.31. The van der Waals surface area contributed by atoms with Gasteiger partial charge in [-0.1, -0.05) is 6.42 Å². The van der Waals surface area contributed by atoms with Gasteiger partial charge in [-0.05, 0) is 19.3 Å². The van der Waals surface area contributed by atoms with Crippen molar-refractivity contribution in [3.05, 3.63) is 23.7 Å². The van der Waals surface area contributed by atoms with Crippen LogP contribution >= 0.6 is 0 Å². The van der Waals surface area contributed by atoms with Crippen molar-refractivity contribution in [1.29, 1.82) is 0 Å². The van der Waals surface area contributed by atoms with Gasteiger partial charge in [0, 0.05) is 12.1 Å². The van der Waals surface area contributed by atoms with Gasteiger partial charge in [0.05, 0.1) is 11.5 Å². The molecule has 1 heterocycles. The van der Waals surface area contributed by atoms with Crippen molar-refractivity contribution in [2.75, 3.05) is 0 Å². The fourth-order valence-electron chi connectivity index (χ4n) is 2.47. The second kappa shape index (κ2) is 5.79. The van der Waals surface area contributed by atoms with E-state index in [2.05, 4.69) is 5.32 Å². The lowest BCUT2D eigenvalue weighted by molar-refractivity contribution is -0.183. The molecule has 0 aliphatic heterocycles. The molecule has 0 unspecified atom stereocenters. The van der Waals surface area contributed by atoms with Gasteiger partial charge in [-0.15, -0.1) is 0 Å². The fraction of sp³-hybridized carbons (Fsp3) is 0.538. The van der Waals surface area contributed by atoms with E-state index in [-0.39, 0.29) is 24.2 Å². The summed E-state index contributed by atoms with van der Waals surface area (Å²) in [5.41, 5.74) is 5.06. The molecule has 2 rings (SSSR count). The maximum absolute atomic E-state index is 12.7. The molecule has 1 fully saturated rings. The largest absolute Gasteiger partial charge is 0.458 e. The minimum absolute atomic E-state index is 0.0675. The van der Waals surface area contributed by atoms with Crippen LogP contribution in [0.3, 0.4) is 0 Å². The Morgan fingerprint density at radius 1 is 1.33 bits per heavy atom. The first-order valence-electron chi connectivity index (χ1n) is 6.53. The maximum atomic E-state index is 12.7. The average Bonchev–Trinajstić information content (AvgIpc) is 2.88. The Kier molecular flexibility index (Phi) is 4.24. The van der Waals surface area contributed by atoms with Gasteiger partial charge in [0.15, 0.2) is 5.76 Å². The zero-order valence-electron chi connectivity index (χ0n) is 11.1. The average molecular weight is 304 g/mol. The van der Waals surface area contributed by atoms with Crippen LogP contribution in [0.25, 0.3) is 0 Å². The topological polar surface area (TPSA) is 85.3 Å². The number of halogens is 3. The normalized spacial score (nSPS) is 22.8. The van der Waals surface area contributed by atoms with E-state index in [4.69, 9.17) is 10.2 Å². The Labute approximate surface area is 118 Å². The number of carbonyl (C=O) groups is 2. The van der Waals surface area contributed by atoms with Crippen LogP contribution in [-0.4, -0.2) is 24.0 Å². The molecule has 1 aromatic rings. The van der Waals surface area contributed by atoms with Gasteiger partial charge in [0.25, 0.3) is 11.8 Å². The second-order valence-corrected chi connectivity index (χ2v) is 5.14. The highest BCUT2D eigenvalue weighted by Gasteiger charge is 2.42. The number of carbonyl (C=O) groups excluding carboxylic acids is 2. The summed E-state index contributed by atoms with van der Waals surface area (Å²) in [5.74, 6) is -2.94. The van der Waals surface area contributed by atoms with E-state index in [9.17, 15) is 22.8 Å². The van der Waals surface area contributed by atoms with E-state index in [1.807, 2.05) is 0 Å². The van der Waals surface area contributed by atoms with Crippen molar-refractivity contribution in [2.45, 2.75) is 37.9 Å². The molecule has 1 saturated carbocycles. The molecule has 1 aliphatic rings. The van der Waals surface area contributed by atoms with Crippen molar-refractivity contribution in [3.63, 3.8) is 0 Å². The van der Waals surface area contributed by atoms with Crippen molar-refractivity contribution < 1.29 is 27.2 Å². The molecule has 0 saturated heterocycles. The third-order valence-corrected chi connectivity index (χ3v) is 3.58.